The summed E-state index contributed by atoms with van der Waals surface area (Å²) < 4.78 is 0. The number of amides is 2. The van der Waals surface area contributed by atoms with Gasteiger partial charge in [-0.15, -0.1) is 0 Å². The Morgan fingerprint density at radius 2 is 2.24 bits per heavy atom. The van der Waals surface area contributed by atoms with E-state index in [1.807, 2.05) is 4.90 Å². The van der Waals surface area contributed by atoms with Crippen LogP contribution in [0, 0.1) is 5.92 Å². The van der Waals surface area contributed by atoms with E-state index in [0.717, 1.165) is 19.4 Å². The minimum atomic E-state index is -0.157. The molecule has 0 aromatic carbocycles. The molecular weight excluding hydrogens is 270 g/mol. The molecule has 1 aromatic rings. The van der Waals surface area contributed by atoms with Gasteiger partial charge in [0.05, 0.1) is 6.20 Å². The first-order valence-corrected chi connectivity index (χ1v) is 7.56. The number of carbonyl (C=O) groups excluding carboxylic acids is 2. The first kappa shape index (κ1) is 14.0. The van der Waals surface area contributed by atoms with Crippen molar-refractivity contribution in [2.75, 3.05) is 20.1 Å². The lowest BCUT2D eigenvalue weighted by Gasteiger charge is -2.25. The van der Waals surface area contributed by atoms with Crippen molar-refractivity contribution in [1.82, 2.24) is 25.2 Å². The molecule has 7 nitrogen and oxygen atoms in total. The summed E-state index contributed by atoms with van der Waals surface area (Å²) in [5.74, 6) is 0.309. The van der Waals surface area contributed by atoms with E-state index in [1.165, 1.54) is 19.0 Å². The minimum Gasteiger partial charge on any atom is -0.340 e. The summed E-state index contributed by atoms with van der Waals surface area (Å²) in [6.07, 6.45) is 6.68. The Labute approximate surface area is 123 Å². The van der Waals surface area contributed by atoms with Gasteiger partial charge < -0.3 is 9.80 Å². The second-order valence-corrected chi connectivity index (χ2v) is 6.10. The monoisotopic (exact) mass is 291 g/mol. The zero-order valence-corrected chi connectivity index (χ0v) is 12.3. The van der Waals surface area contributed by atoms with Crippen LogP contribution in [-0.2, 0) is 4.79 Å². The number of hydrogen-bond acceptors (Lipinski definition) is 4. The Kier molecular flexibility index (Phi) is 3.90. The van der Waals surface area contributed by atoms with E-state index in [4.69, 9.17) is 0 Å². The maximum Gasteiger partial charge on any atom is 0.275 e. The van der Waals surface area contributed by atoms with Crippen molar-refractivity contribution in [3.63, 3.8) is 0 Å². The molecule has 3 rings (SSSR count). The molecule has 7 heteroatoms. The van der Waals surface area contributed by atoms with E-state index in [0.29, 0.717) is 24.7 Å². The van der Waals surface area contributed by atoms with Crippen LogP contribution < -0.4 is 0 Å². The van der Waals surface area contributed by atoms with Gasteiger partial charge in [-0.2, -0.15) is 15.4 Å². The maximum atomic E-state index is 12.1. The van der Waals surface area contributed by atoms with E-state index in [-0.39, 0.29) is 17.7 Å². The highest BCUT2D eigenvalue weighted by atomic mass is 16.2. The van der Waals surface area contributed by atoms with Gasteiger partial charge in [-0.1, -0.05) is 12.8 Å². The molecule has 1 aromatic heterocycles. The molecule has 21 heavy (non-hydrogen) atoms. The lowest BCUT2D eigenvalue weighted by molar-refractivity contribution is -0.129. The number of rotatable bonds is 4. The van der Waals surface area contributed by atoms with Gasteiger partial charge in [-0.3, -0.25) is 9.59 Å². The van der Waals surface area contributed by atoms with Gasteiger partial charge in [0.2, 0.25) is 5.91 Å². The summed E-state index contributed by atoms with van der Waals surface area (Å²) >= 11 is 0. The highest BCUT2D eigenvalue weighted by Crippen LogP contribution is 2.29. The third-order valence-electron chi connectivity index (χ3n) is 4.52. The molecule has 2 heterocycles. The molecule has 0 radical (unpaired) electrons. The summed E-state index contributed by atoms with van der Waals surface area (Å²) in [5, 5.41) is 9.89. The van der Waals surface area contributed by atoms with Gasteiger partial charge in [-0.05, 0) is 12.8 Å². The largest absolute Gasteiger partial charge is 0.340 e. The summed E-state index contributed by atoms with van der Waals surface area (Å²) in [7, 11) is 1.75. The van der Waals surface area contributed by atoms with Gasteiger partial charge in [-0.25, -0.2) is 0 Å². The van der Waals surface area contributed by atoms with Gasteiger partial charge in [0.25, 0.3) is 5.91 Å². The fourth-order valence-electron chi connectivity index (χ4n) is 3.47. The number of carbonyl (C=O) groups is 2. The number of nitrogens with one attached hydrogen (secondary N) is 1. The fraction of sp³-hybridized carbons (Fsp3) is 0.714. The summed E-state index contributed by atoms with van der Waals surface area (Å²) in [6, 6.07) is 0.430. The van der Waals surface area contributed by atoms with Crippen molar-refractivity contribution in [2.45, 2.75) is 38.1 Å². The van der Waals surface area contributed by atoms with Crippen LogP contribution in [0.3, 0.4) is 0 Å². The van der Waals surface area contributed by atoms with E-state index in [2.05, 4.69) is 15.4 Å². The first-order valence-electron chi connectivity index (χ1n) is 7.56. The molecule has 114 valence electrons. The number of H-pyrrole nitrogens is 1. The van der Waals surface area contributed by atoms with Crippen LogP contribution in [0.1, 0.15) is 42.6 Å². The standard InChI is InChI=1S/C14H21N5O2/c1-18(14(21)12-7-15-17-16-12)8-10-6-13(20)19(9-10)11-4-2-3-5-11/h7,10-11H,2-6,8-9H2,1H3,(H,15,16,17). The van der Waals surface area contributed by atoms with Gasteiger partial charge >= 0.3 is 0 Å². The molecule has 0 bridgehead atoms. The van der Waals surface area contributed by atoms with Crippen molar-refractivity contribution >= 4 is 11.8 Å². The normalized spacial score (nSPS) is 23.0. The highest BCUT2D eigenvalue weighted by molar-refractivity contribution is 5.91. The van der Waals surface area contributed by atoms with Gasteiger partial charge in [0, 0.05) is 38.5 Å². The Bertz CT molecular complexity index is 509. The van der Waals surface area contributed by atoms with E-state index >= 15 is 0 Å². The SMILES string of the molecule is CN(CC1CC(=O)N(C2CCCC2)C1)C(=O)c1cn[nH]n1. The molecule has 1 saturated heterocycles. The molecule has 2 aliphatic rings. The molecule has 2 fully saturated rings. The molecule has 0 spiro atoms. The second kappa shape index (κ2) is 5.83. The average Bonchev–Trinajstić information content (AvgIpc) is 3.19. The predicted octanol–water partition coefficient (Wildman–Crippen LogP) is 0.668. The number of nitrogens with zero attached hydrogens (tertiary/aromatic N) is 4. The zero-order valence-electron chi connectivity index (χ0n) is 12.3. The smallest absolute Gasteiger partial charge is 0.275 e. The van der Waals surface area contributed by atoms with Crippen LogP contribution in [0.25, 0.3) is 0 Å². The molecule has 1 N–H and O–H groups in total. The number of hydrogen-bond donors (Lipinski definition) is 1. The summed E-state index contributed by atoms with van der Waals surface area (Å²) in [6.45, 7) is 1.36. The fourth-order valence-corrected chi connectivity index (χ4v) is 3.47. The molecule has 1 unspecified atom stereocenters. The van der Waals surface area contributed by atoms with Crippen molar-refractivity contribution in [2.24, 2.45) is 5.92 Å². The van der Waals surface area contributed by atoms with Crippen LogP contribution in [0.4, 0.5) is 0 Å². The predicted molar refractivity (Wildman–Crippen MR) is 75.4 cm³/mol. The van der Waals surface area contributed by atoms with Crippen molar-refractivity contribution < 1.29 is 9.59 Å². The zero-order chi connectivity index (χ0) is 14.8. The van der Waals surface area contributed by atoms with Gasteiger partial charge in [0.15, 0.2) is 5.69 Å². The third-order valence-corrected chi connectivity index (χ3v) is 4.52. The second-order valence-electron chi connectivity index (χ2n) is 6.10. The van der Waals surface area contributed by atoms with Crippen LogP contribution in [-0.4, -0.2) is 63.2 Å². The Hall–Kier alpha value is -1.92. The quantitative estimate of drug-likeness (QED) is 0.884. The van der Waals surface area contributed by atoms with E-state index < -0.39 is 0 Å². The summed E-state index contributed by atoms with van der Waals surface area (Å²) in [4.78, 5) is 27.9. The van der Waals surface area contributed by atoms with Crippen LogP contribution >= 0.6 is 0 Å². The molecule has 1 saturated carbocycles. The van der Waals surface area contributed by atoms with E-state index in [9.17, 15) is 9.59 Å². The highest BCUT2D eigenvalue weighted by Gasteiger charge is 2.36. The Morgan fingerprint density at radius 1 is 1.48 bits per heavy atom. The van der Waals surface area contributed by atoms with Gasteiger partial charge in [0.1, 0.15) is 0 Å². The minimum absolute atomic E-state index is 0.157. The third kappa shape index (κ3) is 2.91. The molecule has 1 aliphatic heterocycles. The Balaban J connectivity index is 1.56. The first-order chi connectivity index (χ1) is 10.1. The number of aromatic amines is 1. The van der Waals surface area contributed by atoms with Crippen molar-refractivity contribution in [3.05, 3.63) is 11.9 Å². The number of aromatic nitrogens is 3. The molecule has 2 amide bonds. The molecule has 1 aliphatic carbocycles. The lowest BCUT2D eigenvalue weighted by atomic mass is 10.1. The van der Waals surface area contributed by atoms with Crippen molar-refractivity contribution in [3.8, 4) is 0 Å². The Morgan fingerprint density at radius 3 is 2.90 bits per heavy atom. The number of likely N-dealkylation sites (tertiary alicyclic amines) is 1. The van der Waals surface area contributed by atoms with Crippen molar-refractivity contribution in [1.29, 1.82) is 0 Å². The van der Waals surface area contributed by atoms with E-state index in [1.54, 1.807) is 11.9 Å². The lowest BCUT2D eigenvalue weighted by Crippen LogP contribution is -2.36. The molecule has 1 atom stereocenters. The van der Waals surface area contributed by atoms with Crippen LogP contribution in [0.2, 0.25) is 0 Å². The summed E-state index contributed by atoms with van der Waals surface area (Å²) in [5.41, 5.74) is 0.314. The average molecular weight is 291 g/mol. The van der Waals surface area contributed by atoms with Crippen LogP contribution in [0.15, 0.2) is 6.20 Å². The maximum absolute atomic E-state index is 12.1. The van der Waals surface area contributed by atoms with Crippen LogP contribution in [0.5, 0.6) is 0 Å². The molecular formula is C14H21N5O2. The topological polar surface area (TPSA) is 82.2 Å².